The fourth-order valence-corrected chi connectivity index (χ4v) is 2.57. The van der Waals surface area contributed by atoms with E-state index in [0.29, 0.717) is 16.3 Å². The summed E-state index contributed by atoms with van der Waals surface area (Å²) in [6.45, 7) is 0. The van der Waals surface area contributed by atoms with Crippen molar-refractivity contribution in [3.05, 3.63) is 28.8 Å². The Bertz CT molecular complexity index is 455. The van der Waals surface area contributed by atoms with Gasteiger partial charge in [0.1, 0.15) is 5.75 Å². The zero-order valence-corrected chi connectivity index (χ0v) is 11.6. The molecule has 0 amide bonds. The summed E-state index contributed by atoms with van der Waals surface area (Å²) in [6, 6.07) is 5.19. The largest absolute Gasteiger partial charge is 0.490 e. The topological polar surface area (TPSA) is 67.8 Å². The van der Waals surface area contributed by atoms with Gasteiger partial charge in [-0.3, -0.25) is 0 Å². The van der Waals surface area contributed by atoms with E-state index in [1.807, 2.05) is 0 Å². The van der Waals surface area contributed by atoms with Crippen LogP contribution < -0.4 is 10.5 Å². The molecule has 104 valence electrons. The Kier molecular flexibility index (Phi) is 4.91. The second kappa shape index (κ2) is 6.66. The molecule has 2 rings (SSSR count). The van der Waals surface area contributed by atoms with Gasteiger partial charge in [-0.1, -0.05) is 29.6 Å². The SMILES string of the molecule is N/C(=N/O)c1cc(Cl)ccc1OC1CCCCCC1. The first-order chi connectivity index (χ1) is 9.20. The van der Waals surface area contributed by atoms with E-state index in [0.717, 1.165) is 12.8 Å². The van der Waals surface area contributed by atoms with Gasteiger partial charge in [0.15, 0.2) is 5.84 Å². The number of oxime groups is 1. The molecule has 1 aliphatic carbocycles. The lowest BCUT2D eigenvalue weighted by Gasteiger charge is -2.19. The first-order valence-electron chi connectivity index (χ1n) is 6.65. The van der Waals surface area contributed by atoms with Gasteiger partial charge in [0, 0.05) is 5.02 Å². The Morgan fingerprint density at radius 1 is 1.26 bits per heavy atom. The summed E-state index contributed by atoms with van der Waals surface area (Å²) in [5.74, 6) is 0.651. The molecule has 0 bridgehead atoms. The molecule has 5 heteroatoms. The number of hydrogen-bond acceptors (Lipinski definition) is 3. The molecule has 0 aromatic heterocycles. The Labute approximate surface area is 118 Å². The smallest absolute Gasteiger partial charge is 0.173 e. The van der Waals surface area contributed by atoms with Gasteiger partial charge in [-0.25, -0.2) is 0 Å². The molecule has 0 aliphatic heterocycles. The number of benzene rings is 1. The molecule has 0 heterocycles. The first kappa shape index (κ1) is 14.0. The highest BCUT2D eigenvalue weighted by atomic mass is 35.5. The monoisotopic (exact) mass is 282 g/mol. The van der Waals surface area contributed by atoms with Crippen LogP contribution in [0.3, 0.4) is 0 Å². The van der Waals surface area contributed by atoms with Gasteiger partial charge in [-0.15, -0.1) is 0 Å². The molecule has 1 aromatic carbocycles. The Hall–Kier alpha value is -1.42. The normalized spacial score (nSPS) is 18.1. The van der Waals surface area contributed by atoms with Gasteiger partial charge in [-0.05, 0) is 43.9 Å². The van der Waals surface area contributed by atoms with Gasteiger partial charge < -0.3 is 15.7 Å². The van der Waals surface area contributed by atoms with Crippen LogP contribution in [-0.4, -0.2) is 17.1 Å². The lowest BCUT2D eigenvalue weighted by molar-refractivity contribution is 0.183. The number of amidine groups is 1. The summed E-state index contributed by atoms with van der Waals surface area (Å²) in [7, 11) is 0. The number of halogens is 1. The number of nitrogens with two attached hydrogens (primary N) is 1. The Balaban J connectivity index is 2.18. The summed E-state index contributed by atoms with van der Waals surface area (Å²) in [5, 5.41) is 12.4. The van der Waals surface area contributed by atoms with Crippen molar-refractivity contribution in [2.45, 2.75) is 44.6 Å². The van der Waals surface area contributed by atoms with Crippen molar-refractivity contribution in [1.29, 1.82) is 0 Å². The van der Waals surface area contributed by atoms with Gasteiger partial charge >= 0.3 is 0 Å². The molecule has 0 saturated heterocycles. The lowest BCUT2D eigenvalue weighted by Crippen LogP contribution is -2.20. The van der Waals surface area contributed by atoms with E-state index in [2.05, 4.69) is 5.16 Å². The highest BCUT2D eigenvalue weighted by Crippen LogP contribution is 2.27. The number of nitrogens with zero attached hydrogens (tertiary/aromatic N) is 1. The molecular weight excluding hydrogens is 264 g/mol. The highest BCUT2D eigenvalue weighted by Gasteiger charge is 2.17. The van der Waals surface area contributed by atoms with Gasteiger partial charge in [0.2, 0.25) is 0 Å². The maximum atomic E-state index is 8.82. The van der Waals surface area contributed by atoms with Crippen LogP contribution in [0.2, 0.25) is 5.02 Å². The van der Waals surface area contributed by atoms with Gasteiger partial charge in [-0.2, -0.15) is 0 Å². The average molecular weight is 283 g/mol. The van der Waals surface area contributed by atoms with Crippen LogP contribution in [-0.2, 0) is 0 Å². The van der Waals surface area contributed by atoms with E-state index in [-0.39, 0.29) is 11.9 Å². The van der Waals surface area contributed by atoms with E-state index >= 15 is 0 Å². The van der Waals surface area contributed by atoms with Crippen molar-refractivity contribution >= 4 is 17.4 Å². The molecule has 3 N–H and O–H groups in total. The molecule has 1 saturated carbocycles. The van der Waals surface area contributed by atoms with E-state index in [4.69, 9.17) is 27.3 Å². The summed E-state index contributed by atoms with van der Waals surface area (Å²) in [6.07, 6.45) is 7.24. The van der Waals surface area contributed by atoms with E-state index < -0.39 is 0 Å². The van der Waals surface area contributed by atoms with Crippen molar-refractivity contribution in [3.63, 3.8) is 0 Å². The summed E-state index contributed by atoms with van der Waals surface area (Å²) >= 11 is 5.94. The van der Waals surface area contributed by atoms with Crippen LogP contribution in [0, 0.1) is 0 Å². The van der Waals surface area contributed by atoms with Crippen molar-refractivity contribution < 1.29 is 9.94 Å². The Morgan fingerprint density at radius 3 is 2.58 bits per heavy atom. The van der Waals surface area contributed by atoms with Gasteiger partial charge in [0.25, 0.3) is 0 Å². The summed E-state index contributed by atoms with van der Waals surface area (Å²) in [4.78, 5) is 0. The minimum absolute atomic E-state index is 0.0196. The maximum absolute atomic E-state index is 8.82. The average Bonchev–Trinajstić information content (AvgIpc) is 2.68. The third-order valence-electron chi connectivity index (χ3n) is 3.42. The molecule has 0 spiro atoms. The summed E-state index contributed by atoms with van der Waals surface area (Å²) in [5.41, 5.74) is 6.20. The minimum atomic E-state index is 0.0196. The van der Waals surface area contributed by atoms with E-state index in [1.165, 1.54) is 25.7 Å². The van der Waals surface area contributed by atoms with Crippen LogP contribution >= 0.6 is 11.6 Å². The molecule has 1 aromatic rings. The quantitative estimate of drug-likeness (QED) is 0.293. The zero-order chi connectivity index (χ0) is 13.7. The zero-order valence-electron chi connectivity index (χ0n) is 10.8. The number of hydrogen-bond donors (Lipinski definition) is 2. The maximum Gasteiger partial charge on any atom is 0.173 e. The van der Waals surface area contributed by atoms with Crippen LogP contribution in [0.4, 0.5) is 0 Å². The number of ether oxygens (including phenoxy) is 1. The highest BCUT2D eigenvalue weighted by molar-refractivity contribution is 6.31. The van der Waals surface area contributed by atoms with Crippen LogP contribution in [0.15, 0.2) is 23.4 Å². The van der Waals surface area contributed by atoms with Crippen molar-refractivity contribution in [1.82, 2.24) is 0 Å². The van der Waals surface area contributed by atoms with E-state index in [9.17, 15) is 0 Å². The Morgan fingerprint density at radius 2 is 1.95 bits per heavy atom. The second-order valence-electron chi connectivity index (χ2n) is 4.86. The molecule has 19 heavy (non-hydrogen) atoms. The second-order valence-corrected chi connectivity index (χ2v) is 5.29. The molecular formula is C14H19ClN2O2. The van der Waals surface area contributed by atoms with Crippen molar-refractivity contribution in [2.75, 3.05) is 0 Å². The molecule has 0 unspecified atom stereocenters. The third-order valence-corrected chi connectivity index (χ3v) is 3.66. The minimum Gasteiger partial charge on any atom is -0.490 e. The molecule has 4 nitrogen and oxygen atoms in total. The predicted octanol–water partition coefficient (Wildman–Crippen LogP) is 3.54. The standard InChI is InChI=1S/C14H19ClN2O2/c15-10-7-8-13(12(9-10)14(16)17-18)19-11-5-3-1-2-4-6-11/h7-9,11,18H,1-6H2,(H2,16,17). The molecule has 1 aliphatic rings. The van der Waals surface area contributed by atoms with Gasteiger partial charge in [0.05, 0.1) is 11.7 Å². The van der Waals surface area contributed by atoms with Crippen LogP contribution in [0.1, 0.15) is 44.1 Å². The molecule has 1 fully saturated rings. The summed E-state index contributed by atoms with van der Waals surface area (Å²) < 4.78 is 6.01. The first-order valence-corrected chi connectivity index (χ1v) is 7.02. The fourth-order valence-electron chi connectivity index (χ4n) is 2.40. The number of rotatable bonds is 3. The van der Waals surface area contributed by atoms with E-state index in [1.54, 1.807) is 18.2 Å². The van der Waals surface area contributed by atoms with Crippen molar-refractivity contribution in [2.24, 2.45) is 10.9 Å². The lowest BCUT2D eigenvalue weighted by atomic mass is 10.1. The van der Waals surface area contributed by atoms with Crippen LogP contribution in [0.25, 0.3) is 0 Å². The molecule has 0 radical (unpaired) electrons. The predicted molar refractivity (Wildman–Crippen MR) is 76.1 cm³/mol. The third kappa shape index (κ3) is 3.77. The molecule has 0 atom stereocenters. The fraction of sp³-hybridized carbons (Fsp3) is 0.500. The van der Waals surface area contributed by atoms with Crippen LogP contribution in [0.5, 0.6) is 5.75 Å². The van der Waals surface area contributed by atoms with Crippen molar-refractivity contribution in [3.8, 4) is 5.75 Å².